The van der Waals surface area contributed by atoms with Crippen LogP contribution in [0.5, 0.6) is 0 Å². The molecule has 0 unspecified atom stereocenters. The first-order valence-electron chi connectivity index (χ1n) is 0.371. The third-order valence-corrected chi connectivity index (χ3v) is 0. The van der Waals surface area contributed by atoms with Crippen molar-refractivity contribution in [2.45, 2.75) is 0 Å². The second-order valence-electron chi connectivity index (χ2n) is 0. The van der Waals surface area contributed by atoms with Gasteiger partial charge in [-0.25, -0.2) is 0 Å². The third-order valence-electron chi connectivity index (χ3n) is 0. The SMILES string of the molecule is BrBr.[Br-].[F][Ag].[F][Ag]. The first kappa shape index (κ1) is 22.6. The fraction of sp³-hybridized carbons (Fsp3) is 0. The molecule has 0 saturated heterocycles. The second kappa shape index (κ2) is 68.8. The molecule has 0 nitrogen and oxygen atoms in total. The Hall–Kier alpha value is 2.78. The molecule has 0 bridgehead atoms. The van der Waals surface area contributed by atoms with Crippen molar-refractivity contribution in [1.29, 1.82) is 0 Å². The van der Waals surface area contributed by atoms with E-state index in [0.717, 1.165) is 0 Å². The maximum absolute atomic E-state index is 9.31. The minimum atomic E-state index is 0. The Balaban J connectivity index is -0.00000000900. The molecule has 0 N–H and O–H groups in total. The maximum atomic E-state index is 9.31. The van der Waals surface area contributed by atoms with Crippen LogP contribution in [0.1, 0.15) is 0 Å². The Bertz CT molecular complexity index is 10.9. The normalized spacial score (nSPS) is 2.86. The van der Waals surface area contributed by atoms with Crippen LogP contribution in [-0.4, -0.2) is 0 Å². The summed E-state index contributed by atoms with van der Waals surface area (Å²) in [5.74, 6) is 0. The fourth-order valence-corrected chi connectivity index (χ4v) is 0. The Morgan fingerprint density at radius 2 is 0.857 bits per heavy atom. The van der Waals surface area contributed by atoms with Gasteiger partial charge in [-0.05, 0) is 0 Å². The summed E-state index contributed by atoms with van der Waals surface area (Å²) in [6.45, 7) is 0. The van der Waals surface area contributed by atoms with Crippen molar-refractivity contribution in [1.82, 2.24) is 0 Å². The summed E-state index contributed by atoms with van der Waals surface area (Å²) in [6, 6.07) is 0. The monoisotopic (exact) mass is 489 g/mol. The zero-order valence-electron chi connectivity index (χ0n) is 2.49. The number of rotatable bonds is 0. The van der Waals surface area contributed by atoms with E-state index in [9.17, 15) is 6.05 Å². The topological polar surface area (TPSA) is 0 Å². The van der Waals surface area contributed by atoms with Gasteiger partial charge in [-0.2, -0.15) is 0 Å². The van der Waals surface area contributed by atoms with Crippen LogP contribution in [0.25, 0.3) is 0 Å². The Labute approximate surface area is 93.0 Å². The van der Waals surface area contributed by atoms with Gasteiger partial charge in [0.05, 0.1) is 0 Å². The number of halogens is 5. The van der Waals surface area contributed by atoms with Gasteiger partial charge in [0.2, 0.25) is 0 Å². The Kier molecular flexibility index (Phi) is 222. The van der Waals surface area contributed by atoms with Crippen LogP contribution in [0.2, 0.25) is 0 Å². The van der Waals surface area contributed by atoms with E-state index in [1.165, 1.54) is 43.2 Å². The second-order valence-corrected chi connectivity index (χ2v) is 0. The summed E-state index contributed by atoms with van der Waals surface area (Å²) in [6.07, 6.45) is 0. The van der Waals surface area contributed by atoms with Crippen molar-refractivity contribution in [3.8, 4) is 0 Å². The molecule has 0 rings (SSSR count). The fourth-order valence-electron chi connectivity index (χ4n) is 0. The molecular weight excluding hydrogens is 493 g/mol. The molecular formula is Ag2Br3F2-. The predicted molar refractivity (Wildman–Crippen MR) is 20.1 cm³/mol. The van der Waals surface area contributed by atoms with Gasteiger partial charge in [0, 0.05) is 28.3 Å². The molecule has 0 heterocycles. The first-order valence-corrected chi connectivity index (χ1v) is 5.21. The van der Waals surface area contributed by atoms with Crippen LogP contribution in [0, 0.1) is 0 Å². The van der Waals surface area contributed by atoms with E-state index in [0.29, 0.717) is 0 Å². The molecule has 0 atom stereocenters. The van der Waals surface area contributed by atoms with Crippen LogP contribution in [-0.2, 0) is 43.2 Å². The third kappa shape index (κ3) is 52.2. The molecule has 0 fully saturated rings. The van der Waals surface area contributed by atoms with E-state index in [1.54, 1.807) is 0 Å². The molecule has 0 spiro atoms. The van der Waals surface area contributed by atoms with E-state index in [4.69, 9.17) is 0 Å². The molecule has 0 aromatic carbocycles. The quantitative estimate of drug-likeness (QED) is 0.401. The predicted octanol–water partition coefficient (Wildman–Crippen LogP) is -0.469. The molecule has 0 radical (unpaired) electrons. The van der Waals surface area contributed by atoms with Crippen LogP contribution in [0.4, 0.5) is 6.05 Å². The molecule has 7 heteroatoms. The van der Waals surface area contributed by atoms with Crippen LogP contribution < -0.4 is 17.0 Å². The minimum absolute atomic E-state index is 0. The summed E-state index contributed by atoms with van der Waals surface area (Å²) in [4.78, 5) is 0. The summed E-state index contributed by atoms with van der Waals surface area (Å²) in [7, 11) is 0. The van der Waals surface area contributed by atoms with E-state index < -0.39 is 0 Å². The van der Waals surface area contributed by atoms with Gasteiger partial charge in [-0.3, -0.25) is 0 Å². The van der Waals surface area contributed by atoms with Gasteiger partial charge in [0.1, 0.15) is 0 Å². The average Bonchev–Trinajstić information content (AvgIpc) is 1.81. The average molecular weight is 493 g/mol. The molecule has 7 heavy (non-hydrogen) atoms. The van der Waals surface area contributed by atoms with Crippen molar-refractivity contribution >= 4 is 28.3 Å². The van der Waals surface area contributed by atoms with Crippen molar-refractivity contribution in [3.05, 3.63) is 0 Å². The summed E-state index contributed by atoms with van der Waals surface area (Å²) < 4.78 is 18.6. The van der Waals surface area contributed by atoms with Crippen LogP contribution >= 0.6 is 28.3 Å². The summed E-state index contributed by atoms with van der Waals surface area (Å²) >= 11 is 8.40. The van der Waals surface area contributed by atoms with Crippen molar-refractivity contribution in [3.63, 3.8) is 0 Å². The van der Waals surface area contributed by atoms with Gasteiger partial charge in [-0.15, -0.1) is 0 Å². The molecule has 0 amide bonds. The van der Waals surface area contributed by atoms with E-state index >= 15 is 0 Å². The van der Waals surface area contributed by atoms with Gasteiger partial charge in [0.25, 0.3) is 0 Å². The zero-order chi connectivity index (χ0) is 6.00. The molecule has 0 aromatic rings. The van der Waals surface area contributed by atoms with Gasteiger partial charge < -0.3 is 17.0 Å². The van der Waals surface area contributed by atoms with Crippen molar-refractivity contribution in [2.75, 3.05) is 0 Å². The van der Waals surface area contributed by atoms with Gasteiger partial charge in [-0.1, -0.05) is 0 Å². The number of hydrogen-bond donors (Lipinski definition) is 0. The summed E-state index contributed by atoms with van der Waals surface area (Å²) in [5, 5.41) is 0. The zero-order valence-corrected chi connectivity index (χ0v) is 10.2. The Morgan fingerprint density at radius 3 is 0.857 bits per heavy atom. The van der Waals surface area contributed by atoms with Crippen LogP contribution in [0.3, 0.4) is 0 Å². The first-order chi connectivity index (χ1) is 3.00. The van der Waals surface area contributed by atoms with Crippen molar-refractivity contribution < 1.29 is 66.3 Å². The van der Waals surface area contributed by atoms with Crippen molar-refractivity contribution in [2.24, 2.45) is 0 Å². The van der Waals surface area contributed by atoms with Gasteiger partial charge in [0.15, 0.2) is 0 Å². The molecule has 0 aromatic heterocycles. The molecule has 0 saturated carbocycles. The molecule has 58 valence electrons. The van der Waals surface area contributed by atoms with Gasteiger partial charge >= 0.3 is 49.3 Å². The summed E-state index contributed by atoms with van der Waals surface area (Å²) in [5.41, 5.74) is 0. The molecule has 0 aliphatic heterocycles. The van der Waals surface area contributed by atoms with Crippen LogP contribution in [0.15, 0.2) is 0 Å². The van der Waals surface area contributed by atoms with E-state index in [1.807, 2.05) is 0 Å². The van der Waals surface area contributed by atoms with E-state index in [-0.39, 0.29) is 17.0 Å². The number of hydrogen-bond acceptors (Lipinski definition) is 0. The molecule has 0 aliphatic carbocycles. The molecule has 0 aliphatic rings. The Morgan fingerprint density at radius 1 is 0.857 bits per heavy atom. The standard InChI is InChI=1S/2Ag.Br2.BrH.2FH/c;;1-2;;;/h;;;3*1H/q2*+1;;;;/p-3. The van der Waals surface area contributed by atoms with E-state index in [2.05, 4.69) is 28.3 Å².